The highest BCUT2D eigenvalue weighted by Gasteiger charge is 2.07. The van der Waals surface area contributed by atoms with Gasteiger partial charge in [0.2, 0.25) is 5.91 Å². The van der Waals surface area contributed by atoms with Crippen LogP contribution < -0.4 is 16.4 Å². The van der Waals surface area contributed by atoms with Gasteiger partial charge in [0.15, 0.2) is 0 Å². The van der Waals surface area contributed by atoms with Gasteiger partial charge in [0.05, 0.1) is 0 Å². The van der Waals surface area contributed by atoms with Crippen molar-refractivity contribution >= 4 is 17.6 Å². The molecule has 0 aliphatic rings. The molecule has 0 saturated carbocycles. The highest BCUT2D eigenvalue weighted by Crippen LogP contribution is 2.09. The molecule has 5 nitrogen and oxygen atoms in total. The number of unbranched alkanes of at least 4 members (excludes halogenated alkanes) is 2. The maximum Gasteiger partial charge on any atom is 0.319 e. The Morgan fingerprint density at radius 3 is 2.40 bits per heavy atom. The molecule has 1 aromatic rings. The van der Waals surface area contributed by atoms with Crippen LogP contribution in [0.5, 0.6) is 0 Å². The summed E-state index contributed by atoms with van der Waals surface area (Å²) in [5, 5.41) is 5.61. The van der Waals surface area contributed by atoms with E-state index in [1.54, 1.807) is 24.3 Å². The summed E-state index contributed by atoms with van der Waals surface area (Å²) >= 11 is 0. The molecule has 0 spiro atoms. The molecule has 0 aliphatic carbocycles. The Balaban J connectivity index is 2.39. The second-order valence-corrected chi connectivity index (χ2v) is 4.94. The van der Waals surface area contributed by atoms with Crippen molar-refractivity contribution in [2.45, 2.75) is 45.6 Å². The quantitative estimate of drug-likeness (QED) is 0.669. The van der Waals surface area contributed by atoms with Crippen LogP contribution in [0, 0.1) is 0 Å². The van der Waals surface area contributed by atoms with E-state index in [0.717, 1.165) is 12.8 Å². The molecule has 0 bridgehead atoms. The van der Waals surface area contributed by atoms with Crippen LogP contribution in [0.2, 0.25) is 0 Å². The van der Waals surface area contributed by atoms with E-state index < -0.39 is 5.91 Å². The largest absolute Gasteiger partial charge is 0.366 e. The number of amides is 3. The van der Waals surface area contributed by atoms with Crippen molar-refractivity contribution in [3.63, 3.8) is 0 Å². The van der Waals surface area contributed by atoms with Gasteiger partial charge in [-0.25, -0.2) is 4.79 Å². The van der Waals surface area contributed by atoms with Crippen LogP contribution in [-0.4, -0.2) is 18.0 Å². The first-order chi connectivity index (χ1) is 9.52. The van der Waals surface area contributed by atoms with E-state index in [1.165, 1.54) is 12.8 Å². The van der Waals surface area contributed by atoms with Crippen LogP contribution in [0.25, 0.3) is 0 Å². The van der Waals surface area contributed by atoms with Crippen molar-refractivity contribution in [1.82, 2.24) is 5.32 Å². The molecule has 0 aromatic heterocycles. The van der Waals surface area contributed by atoms with Crippen molar-refractivity contribution in [1.29, 1.82) is 0 Å². The molecule has 0 radical (unpaired) electrons. The number of anilines is 1. The first-order valence-corrected chi connectivity index (χ1v) is 7.00. The first kappa shape index (κ1) is 16.0. The lowest BCUT2D eigenvalue weighted by atomic mass is 10.1. The Bertz CT molecular complexity index is 443. The van der Waals surface area contributed by atoms with Gasteiger partial charge in [-0.1, -0.05) is 26.2 Å². The summed E-state index contributed by atoms with van der Waals surface area (Å²) in [6.45, 7) is 4.14. The van der Waals surface area contributed by atoms with E-state index in [9.17, 15) is 9.59 Å². The topological polar surface area (TPSA) is 84.2 Å². The number of nitrogens with two attached hydrogens (primary N) is 1. The number of hydrogen-bond donors (Lipinski definition) is 3. The zero-order chi connectivity index (χ0) is 15.0. The van der Waals surface area contributed by atoms with Crippen LogP contribution in [0.4, 0.5) is 10.5 Å². The van der Waals surface area contributed by atoms with E-state index in [2.05, 4.69) is 17.6 Å². The van der Waals surface area contributed by atoms with Gasteiger partial charge in [-0.05, 0) is 37.6 Å². The van der Waals surface area contributed by atoms with Crippen molar-refractivity contribution in [3.8, 4) is 0 Å². The van der Waals surface area contributed by atoms with E-state index in [-0.39, 0.29) is 12.1 Å². The van der Waals surface area contributed by atoms with Crippen molar-refractivity contribution in [2.75, 3.05) is 5.32 Å². The van der Waals surface area contributed by atoms with E-state index in [0.29, 0.717) is 11.3 Å². The number of nitrogens with one attached hydrogen (secondary N) is 2. The molecule has 3 amide bonds. The fourth-order valence-corrected chi connectivity index (χ4v) is 1.88. The molecule has 5 heteroatoms. The number of hydrogen-bond acceptors (Lipinski definition) is 2. The normalized spacial score (nSPS) is 11.7. The van der Waals surface area contributed by atoms with Gasteiger partial charge in [0.25, 0.3) is 0 Å². The van der Waals surface area contributed by atoms with Crippen LogP contribution in [0.1, 0.15) is 49.9 Å². The van der Waals surface area contributed by atoms with Gasteiger partial charge in [-0.15, -0.1) is 0 Å². The molecule has 1 unspecified atom stereocenters. The van der Waals surface area contributed by atoms with E-state index in [4.69, 9.17) is 5.73 Å². The average Bonchev–Trinajstić information content (AvgIpc) is 2.39. The lowest BCUT2D eigenvalue weighted by Gasteiger charge is -2.14. The first-order valence-electron chi connectivity index (χ1n) is 7.00. The highest BCUT2D eigenvalue weighted by molar-refractivity contribution is 5.94. The average molecular weight is 277 g/mol. The lowest BCUT2D eigenvalue weighted by molar-refractivity contribution is 0.100. The predicted octanol–water partition coefficient (Wildman–Crippen LogP) is 2.88. The molecule has 0 saturated heterocycles. The summed E-state index contributed by atoms with van der Waals surface area (Å²) in [4.78, 5) is 22.7. The number of rotatable bonds is 7. The standard InChI is InChI=1S/C15H23N3O2/c1-3-4-5-6-11(2)17-15(20)18-13-9-7-12(8-10-13)14(16)19/h7-11H,3-6H2,1-2H3,(H2,16,19)(H2,17,18,20). The van der Waals surface area contributed by atoms with E-state index >= 15 is 0 Å². The number of primary amides is 1. The SMILES string of the molecule is CCCCCC(C)NC(=O)Nc1ccc(C(N)=O)cc1. The van der Waals surface area contributed by atoms with Crippen LogP contribution >= 0.6 is 0 Å². The Kier molecular flexibility index (Phi) is 6.56. The summed E-state index contributed by atoms with van der Waals surface area (Å²) in [6.07, 6.45) is 4.44. The second-order valence-electron chi connectivity index (χ2n) is 4.94. The maximum atomic E-state index is 11.8. The van der Waals surface area contributed by atoms with Crippen LogP contribution in [0.15, 0.2) is 24.3 Å². The molecular formula is C15H23N3O2. The van der Waals surface area contributed by atoms with Gasteiger partial charge in [-0.3, -0.25) is 4.79 Å². The minimum absolute atomic E-state index is 0.145. The Morgan fingerprint density at radius 2 is 1.85 bits per heavy atom. The molecule has 0 heterocycles. The Hall–Kier alpha value is -2.04. The number of carbonyl (C=O) groups is 2. The molecule has 1 rings (SSSR count). The minimum Gasteiger partial charge on any atom is -0.366 e. The smallest absolute Gasteiger partial charge is 0.319 e. The van der Waals surface area contributed by atoms with Gasteiger partial charge in [0.1, 0.15) is 0 Å². The summed E-state index contributed by atoms with van der Waals surface area (Å²) in [7, 11) is 0. The van der Waals surface area contributed by atoms with Gasteiger partial charge >= 0.3 is 6.03 Å². The Labute approximate surface area is 119 Å². The molecule has 0 fully saturated rings. The fourth-order valence-electron chi connectivity index (χ4n) is 1.88. The number of benzene rings is 1. The number of urea groups is 1. The molecule has 20 heavy (non-hydrogen) atoms. The van der Waals surface area contributed by atoms with Crippen molar-refractivity contribution in [2.24, 2.45) is 5.73 Å². The zero-order valence-corrected chi connectivity index (χ0v) is 12.1. The molecular weight excluding hydrogens is 254 g/mol. The maximum absolute atomic E-state index is 11.8. The second kappa shape index (κ2) is 8.19. The van der Waals surface area contributed by atoms with Crippen LogP contribution in [0.3, 0.4) is 0 Å². The molecule has 1 aromatic carbocycles. The van der Waals surface area contributed by atoms with Gasteiger partial charge in [0, 0.05) is 17.3 Å². The third kappa shape index (κ3) is 5.73. The van der Waals surface area contributed by atoms with Gasteiger partial charge < -0.3 is 16.4 Å². The van der Waals surface area contributed by atoms with Gasteiger partial charge in [-0.2, -0.15) is 0 Å². The van der Waals surface area contributed by atoms with E-state index in [1.807, 2.05) is 6.92 Å². The fraction of sp³-hybridized carbons (Fsp3) is 0.467. The summed E-state index contributed by atoms with van der Waals surface area (Å²) in [5.41, 5.74) is 6.20. The monoisotopic (exact) mass is 277 g/mol. The lowest BCUT2D eigenvalue weighted by Crippen LogP contribution is -2.36. The molecule has 4 N–H and O–H groups in total. The summed E-state index contributed by atoms with van der Waals surface area (Å²) in [6, 6.07) is 6.39. The summed E-state index contributed by atoms with van der Waals surface area (Å²) in [5.74, 6) is -0.481. The Morgan fingerprint density at radius 1 is 1.20 bits per heavy atom. The molecule has 110 valence electrons. The van der Waals surface area contributed by atoms with Crippen molar-refractivity contribution in [3.05, 3.63) is 29.8 Å². The highest BCUT2D eigenvalue weighted by atomic mass is 16.2. The zero-order valence-electron chi connectivity index (χ0n) is 12.1. The summed E-state index contributed by atoms with van der Waals surface area (Å²) < 4.78 is 0. The third-order valence-corrected chi connectivity index (χ3v) is 3.05. The number of carbonyl (C=O) groups excluding carboxylic acids is 2. The molecule has 0 aliphatic heterocycles. The predicted molar refractivity (Wildman–Crippen MR) is 80.7 cm³/mol. The van der Waals surface area contributed by atoms with Crippen molar-refractivity contribution < 1.29 is 9.59 Å². The van der Waals surface area contributed by atoms with Crippen LogP contribution in [-0.2, 0) is 0 Å². The third-order valence-electron chi connectivity index (χ3n) is 3.05. The minimum atomic E-state index is -0.481. The molecule has 1 atom stereocenters.